The standard InChI is InChI=1S/C31H29.C6H10.C5H5.2ClH.Ti/c1-18-11-20(3)30(21(4)12-18)24-7-9-28-26(15-24)17-27-16-25(8-10-29(27)28)31-22(5)13-19(2)14-23(31)6;1-2-4-6-5-3-1;1-2-4-5-3-1;;;/h7-17H,1-6H3;1-5H2;1-3H,4H2;2*1H;/q-1;;-1;;;+2/p-2. The van der Waals surface area contributed by atoms with Gasteiger partial charge in [-0.2, -0.15) is 6.08 Å². The molecule has 5 aromatic carbocycles. The second kappa shape index (κ2) is 16.8. The molecule has 0 spiro atoms. The molecule has 0 aliphatic heterocycles. The van der Waals surface area contributed by atoms with Gasteiger partial charge in [0.1, 0.15) is 0 Å². The van der Waals surface area contributed by atoms with E-state index in [-0.39, 0.29) is 24.8 Å². The molecule has 0 saturated heterocycles. The summed E-state index contributed by atoms with van der Waals surface area (Å²) in [6.07, 6.45) is 17.2. The van der Waals surface area contributed by atoms with Gasteiger partial charge in [0.25, 0.3) is 0 Å². The Hall–Kier alpha value is -2.61. The van der Waals surface area contributed by atoms with Crippen molar-refractivity contribution in [3.8, 4) is 22.3 Å². The Morgan fingerprint density at radius 1 is 0.600 bits per heavy atom. The van der Waals surface area contributed by atoms with E-state index in [9.17, 15) is 0 Å². The molecule has 2 aliphatic carbocycles. The number of allylic oxidation sites excluding steroid dienone is 4. The molecule has 0 N–H and O–H groups in total. The van der Waals surface area contributed by atoms with Gasteiger partial charge < -0.3 is 24.8 Å². The van der Waals surface area contributed by atoms with E-state index in [1.165, 1.54) is 109 Å². The summed E-state index contributed by atoms with van der Waals surface area (Å²) in [6.45, 7) is 13.2. The van der Waals surface area contributed by atoms with Gasteiger partial charge in [-0.3, -0.25) is 6.08 Å². The topological polar surface area (TPSA) is 0 Å². The van der Waals surface area contributed by atoms with Crippen LogP contribution < -0.4 is 24.8 Å². The van der Waals surface area contributed by atoms with Crippen LogP contribution in [0, 0.1) is 47.6 Å². The van der Waals surface area contributed by atoms with E-state index in [0.29, 0.717) is 0 Å². The summed E-state index contributed by atoms with van der Waals surface area (Å²) in [6, 6.07) is 25.4. The minimum atomic E-state index is 0. The summed E-state index contributed by atoms with van der Waals surface area (Å²) in [7, 11) is 0. The summed E-state index contributed by atoms with van der Waals surface area (Å²) in [5, 5.41) is 5.32. The molecule has 0 amide bonds. The molecule has 2 aliphatic rings. The number of hydrogen-bond donors (Lipinski definition) is 0. The third-order valence-electron chi connectivity index (χ3n) is 8.68. The van der Waals surface area contributed by atoms with Crippen molar-refractivity contribution in [3.63, 3.8) is 0 Å². The van der Waals surface area contributed by atoms with Gasteiger partial charge in [-0.25, -0.2) is 12.2 Å². The Labute approximate surface area is 295 Å². The van der Waals surface area contributed by atoms with Crippen molar-refractivity contribution in [2.45, 2.75) is 80.1 Å². The molecule has 232 valence electrons. The zero-order valence-electron chi connectivity index (χ0n) is 27.6. The van der Waals surface area contributed by atoms with Crippen molar-refractivity contribution in [1.29, 1.82) is 0 Å². The van der Waals surface area contributed by atoms with Gasteiger partial charge in [0.05, 0.1) is 0 Å². The molecule has 7 rings (SSSR count). The first-order valence-corrected chi connectivity index (χ1v) is 16.6. The van der Waals surface area contributed by atoms with Crippen molar-refractivity contribution in [2.24, 2.45) is 0 Å². The first kappa shape index (κ1) is 36.9. The van der Waals surface area contributed by atoms with Crippen LogP contribution in [-0.4, -0.2) is 3.81 Å². The fraction of sp³-hybridized carbons (Fsp3) is 0.286. The SMILES string of the molecule is Cc1cc(C)c(-c2ccc3c(c2)[cH-]c2cc(-c4c(C)cc(C)cc4C)ccc23)c(C)c1.[C-]1=CC=CC1.[Cl-].[Cl-].[Ti+2]=[C]1CCCCC1. The molecule has 0 heterocycles. The third kappa shape index (κ3) is 9.02. The van der Waals surface area contributed by atoms with E-state index in [1.54, 1.807) is 3.81 Å². The van der Waals surface area contributed by atoms with E-state index in [1.807, 2.05) is 12.2 Å². The van der Waals surface area contributed by atoms with Gasteiger partial charge in [0.2, 0.25) is 0 Å². The number of halogens is 2. The quantitative estimate of drug-likeness (QED) is 0.163. The maximum atomic E-state index is 2.99. The average Bonchev–Trinajstić information content (AvgIpc) is 3.64. The molecular weight excluding hydrogens is 623 g/mol. The van der Waals surface area contributed by atoms with E-state index in [2.05, 4.69) is 140 Å². The third-order valence-corrected chi connectivity index (χ3v) is 9.46. The predicted octanol–water partition coefficient (Wildman–Crippen LogP) is 5.88. The van der Waals surface area contributed by atoms with Gasteiger partial charge in [-0.05, 0) is 74.9 Å². The monoisotopic (exact) mass is 666 g/mol. The van der Waals surface area contributed by atoms with Crippen molar-refractivity contribution in [3.05, 3.63) is 124 Å². The summed E-state index contributed by atoms with van der Waals surface area (Å²) in [5.74, 6) is 0. The molecule has 5 aromatic rings. The van der Waals surface area contributed by atoms with Gasteiger partial charge in [-0.1, -0.05) is 70.8 Å². The molecular formula is C42H44Cl2Ti-2. The number of aryl methyl sites for hydroxylation is 6. The van der Waals surface area contributed by atoms with Crippen LogP contribution in [0.5, 0.6) is 0 Å². The first-order valence-electron chi connectivity index (χ1n) is 15.8. The van der Waals surface area contributed by atoms with Crippen molar-refractivity contribution < 1.29 is 44.8 Å². The molecule has 0 radical (unpaired) electrons. The van der Waals surface area contributed by atoms with E-state index in [0.717, 1.165) is 6.42 Å². The Morgan fingerprint density at radius 2 is 1.04 bits per heavy atom. The zero-order valence-corrected chi connectivity index (χ0v) is 30.7. The molecule has 0 atom stereocenters. The molecule has 0 nitrogen and oxygen atoms in total. The van der Waals surface area contributed by atoms with Crippen LogP contribution in [0.15, 0.2) is 85.0 Å². The Morgan fingerprint density at radius 3 is 1.36 bits per heavy atom. The molecule has 3 heteroatoms. The number of benzene rings is 4. The predicted molar refractivity (Wildman–Crippen MR) is 186 cm³/mol. The van der Waals surface area contributed by atoms with Crippen molar-refractivity contribution in [1.82, 2.24) is 0 Å². The van der Waals surface area contributed by atoms with Gasteiger partial charge in [-0.15, -0.1) is 46.2 Å². The Balaban J connectivity index is 0.000000330. The van der Waals surface area contributed by atoms with Gasteiger partial charge in [0, 0.05) is 0 Å². The average molecular weight is 668 g/mol. The van der Waals surface area contributed by atoms with Crippen LogP contribution in [0.2, 0.25) is 0 Å². The molecule has 0 aromatic heterocycles. The number of hydrogen-bond acceptors (Lipinski definition) is 0. The van der Waals surface area contributed by atoms with Crippen molar-refractivity contribution >= 4 is 25.4 Å². The normalized spacial score (nSPS) is 13.5. The molecule has 0 bridgehead atoms. The summed E-state index contributed by atoms with van der Waals surface area (Å²) >= 11 is 2.28. The van der Waals surface area contributed by atoms with Crippen LogP contribution in [0.25, 0.3) is 43.8 Å². The second-order valence-corrected chi connectivity index (χ2v) is 13.6. The zero-order chi connectivity index (χ0) is 30.5. The van der Waals surface area contributed by atoms with Crippen LogP contribution >= 0.6 is 0 Å². The minimum absolute atomic E-state index is 0. The summed E-state index contributed by atoms with van der Waals surface area (Å²) in [4.78, 5) is 0. The van der Waals surface area contributed by atoms with Gasteiger partial charge >= 0.3 is 55.9 Å². The fourth-order valence-corrected chi connectivity index (χ4v) is 7.47. The van der Waals surface area contributed by atoms with Gasteiger partial charge in [0.15, 0.2) is 0 Å². The van der Waals surface area contributed by atoms with E-state index < -0.39 is 0 Å². The first-order chi connectivity index (χ1) is 20.7. The maximum absolute atomic E-state index is 2.99. The van der Waals surface area contributed by atoms with E-state index in [4.69, 9.17) is 0 Å². The number of fused-ring (bicyclic) bond motifs is 3. The molecule has 1 fully saturated rings. The fourth-order valence-electron chi connectivity index (χ4n) is 6.92. The van der Waals surface area contributed by atoms with Crippen LogP contribution in [0.1, 0.15) is 71.9 Å². The molecule has 1 saturated carbocycles. The second-order valence-electron chi connectivity index (χ2n) is 12.5. The molecule has 45 heavy (non-hydrogen) atoms. The summed E-state index contributed by atoms with van der Waals surface area (Å²) < 4.78 is 1.71. The summed E-state index contributed by atoms with van der Waals surface area (Å²) in [5.41, 5.74) is 13.4. The molecule has 0 unspecified atom stereocenters. The number of rotatable bonds is 2. The Kier molecular flexibility index (Phi) is 13.8. The Bertz CT molecular complexity index is 1670. The van der Waals surface area contributed by atoms with Crippen LogP contribution in [0.4, 0.5) is 0 Å². The van der Waals surface area contributed by atoms with Crippen LogP contribution in [-0.2, 0) is 20.0 Å². The van der Waals surface area contributed by atoms with Crippen molar-refractivity contribution in [2.75, 3.05) is 0 Å². The van der Waals surface area contributed by atoms with Crippen LogP contribution in [0.3, 0.4) is 0 Å². The van der Waals surface area contributed by atoms with E-state index >= 15 is 0 Å².